The van der Waals surface area contributed by atoms with E-state index in [4.69, 9.17) is 0 Å². The first-order chi connectivity index (χ1) is 6.84. The molecule has 3 rings (SSSR count). The fourth-order valence-corrected chi connectivity index (χ4v) is 2.87. The summed E-state index contributed by atoms with van der Waals surface area (Å²) in [6.07, 6.45) is 0. The highest BCUT2D eigenvalue weighted by Crippen LogP contribution is 2.31. The summed E-state index contributed by atoms with van der Waals surface area (Å²) in [5.74, 6) is 0. The van der Waals surface area contributed by atoms with Gasteiger partial charge in [0.2, 0.25) is 0 Å². The molecule has 3 heteroatoms. The van der Waals surface area contributed by atoms with Crippen LogP contribution in [0.5, 0.6) is 0 Å². The van der Waals surface area contributed by atoms with Gasteiger partial charge in [0.25, 0.3) is 0 Å². The first kappa shape index (κ1) is 8.26. The maximum Gasteiger partial charge on any atom is 0.148 e. The molecule has 0 aliphatic rings. The van der Waals surface area contributed by atoms with Gasteiger partial charge in [-0.1, -0.05) is 30.3 Å². The van der Waals surface area contributed by atoms with E-state index in [1.54, 1.807) is 11.3 Å². The second-order valence-electron chi connectivity index (χ2n) is 3.13. The van der Waals surface area contributed by atoms with Crippen molar-refractivity contribution in [2.24, 2.45) is 0 Å². The standard InChI is InChI=1S/C11H7NS2/c13-11-12-9-6-5-7-3-1-2-4-8(7)10(9)14-11/h1-6H,(H,12,13). The number of fused-ring (bicyclic) bond motifs is 3. The fourth-order valence-electron chi connectivity index (χ4n) is 1.64. The molecule has 0 fully saturated rings. The Balaban J connectivity index is 2.60. The van der Waals surface area contributed by atoms with Gasteiger partial charge >= 0.3 is 0 Å². The van der Waals surface area contributed by atoms with E-state index in [1.807, 2.05) is 6.07 Å². The van der Waals surface area contributed by atoms with Crippen LogP contribution >= 0.6 is 24.0 Å². The van der Waals surface area contributed by atoms with Gasteiger partial charge in [0.1, 0.15) is 4.34 Å². The van der Waals surface area contributed by atoms with Gasteiger partial charge in [-0.25, -0.2) is 4.98 Å². The van der Waals surface area contributed by atoms with Gasteiger partial charge in [-0.3, -0.25) is 0 Å². The molecule has 1 nitrogen and oxygen atoms in total. The molecule has 0 N–H and O–H groups in total. The second-order valence-corrected chi connectivity index (χ2v) is 4.86. The Kier molecular flexibility index (Phi) is 1.75. The lowest BCUT2D eigenvalue weighted by molar-refractivity contribution is 1.32. The molecule has 0 aliphatic carbocycles. The Morgan fingerprint density at radius 1 is 1.07 bits per heavy atom. The normalized spacial score (nSPS) is 11.2. The monoisotopic (exact) mass is 217 g/mol. The van der Waals surface area contributed by atoms with Crippen LogP contribution in [-0.2, 0) is 0 Å². The topological polar surface area (TPSA) is 12.9 Å². The average molecular weight is 217 g/mol. The van der Waals surface area contributed by atoms with Crippen molar-refractivity contribution >= 4 is 45.0 Å². The summed E-state index contributed by atoms with van der Waals surface area (Å²) in [7, 11) is 0. The summed E-state index contributed by atoms with van der Waals surface area (Å²) in [4.78, 5) is 4.35. The predicted molar refractivity (Wildman–Crippen MR) is 64.4 cm³/mol. The minimum Gasteiger partial charge on any atom is -0.230 e. The molecule has 2 aromatic carbocycles. The van der Waals surface area contributed by atoms with Crippen molar-refractivity contribution in [3.8, 4) is 0 Å². The van der Waals surface area contributed by atoms with Crippen LogP contribution in [0.4, 0.5) is 0 Å². The maximum atomic E-state index is 4.35. The molecule has 0 saturated carbocycles. The van der Waals surface area contributed by atoms with E-state index in [0.29, 0.717) is 0 Å². The molecule has 0 atom stereocenters. The van der Waals surface area contributed by atoms with Crippen molar-refractivity contribution in [1.29, 1.82) is 0 Å². The van der Waals surface area contributed by atoms with Crippen molar-refractivity contribution in [3.63, 3.8) is 0 Å². The molecule has 0 amide bonds. The van der Waals surface area contributed by atoms with E-state index in [-0.39, 0.29) is 0 Å². The number of aromatic nitrogens is 1. The number of hydrogen-bond donors (Lipinski definition) is 1. The van der Waals surface area contributed by atoms with Crippen LogP contribution < -0.4 is 0 Å². The van der Waals surface area contributed by atoms with Gasteiger partial charge < -0.3 is 0 Å². The largest absolute Gasteiger partial charge is 0.230 e. The SMILES string of the molecule is Sc1nc2ccc3ccccc3c2s1. The quantitative estimate of drug-likeness (QED) is 0.566. The van der Waals surface area contributed by atoms with E-state index in [0.717, 1.165) is 9.86 Å². The summed E-state index contributed by atoms with van der Waals surface area (Å²) in [6, 6.07) is 12.5. The number of thiol groups is 1. The Bertz CT molecular complexity index is 613. The van der Waals surface area contributed by atoms with Gasteiger partial charge in [-0.05, 0) is 11.5 Å². The van der Waals surface area contributed by atoms with E-state index in [2.05, 4.69) is 47.9 Å². The van der Waals surface area contributed by atoms with Crippen molar-refractivity contribution in [1.82, 2.24) is 4.98 Å². The Hall–Kier alpha value is -1.06. The number of rotatable bonds is 0. The van der Waals surface area contributed by atoms with Crippen LogP contribution in [0.15, 0.2) is 40.7 Å². The highest BCUT2D eigenvalue weighted by atomic mass is 32.2. The van der Waals surface area contributed by atoms with E-state index < -0.39 is 0 Å². The van der Waals surface area contributed by atoms with Crippen LogP contribution in [0.1, 0.15) is 0 Å². The minimum atomic E-state index is 0.830. The first-order valence-electron chi connectivity index (χ1n) is 4.32. The highest BCUT2D eigenvalue weighted by molar-refractivity contribution is 7.83. The summed E-state index contributed by atoms with van der Waals surface area (Å²) in [5.41, 5.74) is 1.04. The molecule has 0 radical (unpaired) electrons. The summed E-state index contributed by atoms with van der Waals surface area (Å²) < 4.78 is 2.06. The van der Waals surface area contributed by atoms with E-state index in [1.165, 1.54) is 15.5 Å². The number of nitrogens with zero attached hydrogens (tertiary/aromatic N) is 1. The molecule has 0 aliphatic heterocycles. The third-order valence-electron chi connectivity index (χ3n) is 2.27. The molecule has 0 bridgehead atoms. The van der Waals surface area contributed by atoms with Crippen molar-refractivity contribution < 1.29 is 0 Å². The third kappa shape index (κ3) is 1.13. The molecule has 1 heterocycles. The second kappa shape index (κ2) is 2.97. The van der Waals surface area contributed by atoms with Gasteiger partial charge in [0.15, 0.2) is 0 Å². The van der Waals surface area contributed by atoms with Crippen molar-refractivity contribution in [3.05, 3.63) is 36.4 Å². The molecular formula is C11H7NS2. The fraction of sp³-hybridized carbons (Fsp3) is 0. The molecule has 14 heavy (non-hydrogen) atoms. The Morgan fingerprint density at radius 3 is 2.86 bits per heavy atom. The summed E-state index contributed by atoms with van der Waals surface area (Å²) in [5, 5.41) is 2.53. The van der Waals surface area contributed by atoms with Crippen molar-refractivity contribution in [2.75, 3.05) is 0 Å². The zero-order chi connectivity index (χ0) is 9.54. The Morgan fingerprint density at radius 2 is 1.93 bits per heavy atom. The molecule has 0 saturated heterocycles. The Labute approximate surface area is 90.8 Å². The van der Waals surface area contributed by atoms with Gasteiger partial charge in [0, 0.05) is 5.39 Å². The molecule has 68 valence electrons. The number of benzene rings is 2. The van der Waals surface area contributed by atoms with Gasteiger partial charge in [-0.2, -0.15) is 0 Å². The summed E-state index contributed by atoms with van der Waals surface area (Å²) >= 11 is 5.91. The average Bonchev–Trinajstić information content (AvgIpc) is 2.59. The lowest BCUT2D eigenvalue weighted by Crippen LogP contribution is -1.72. The van der Waals surface area contributed by atoms with Crippen molar-refractivity contribution in [2.45, 2.75) is 4.34 Å². The zero-order valence-corrected chi connectivity index (χ0v) is 8.98. The third-order valence-corrected chi connectivity index (χ3v) is 3.55. The smallest absolute Gasteiger partial charge is 0.148 e. The van der Waals surface area contributed by atoms with Crippen LogP contribution in [0.25, 0.3) is 21.0 Å². The number of thiazole rings is 1. The minimum absolute atomic E-state index is 0.830. The zero-order valence-electron chi connectivity index (χ0n) is 7.27. The molecule has 0 spiro atoms. The van der Waals surface area contributed by atoms with E-state index in [9.17, 15) is 0 Å². The predicted octanol–water partition coefficient (Wildman–Crippen LogP) is 3.74. The lowest BCUT2D eigenvalue weighted by atomic mass is 10.1. The van der Waals surface area contributed by atoms with Crippen LogP contribution in [0.2, 0.25) is 0 Å². The first-order valence-corrected chi connectivity index (χ1v) is 5.58. The molecule has 1 aromatic heterocycles. The van der Waals surface area contributed by atoms with Gasteiger partial charge in [-0.15, -0.1) is 24.0 Å². The number of hydrogen-bond acceptors (Lipinski definition) is 3. The maximum absolute atomic E-state index is 4.35. The lowest BCUT2D eigenvalue weighted by Gasteiger charge is -1.96. The van der Waals surface area contributed by atoms with E-state index >= 15 is 0 Å². The molecule has 0 unspecified atom stereocenters. The van der Waals surface area contributed by atoms with Crippen LogP contribution in [0.3, 0.4) is 0 Å². The molecule has 3 aromatic rings. The van der Waals surface area contributed by atoms with Crippen LogP contribution in [0, 0.1) is 0 Å². The van der Waals surface area contributed by atoms with Gasteiger partial charge in [0.05, 0.1) is 10.2 Å². The van der Waals surface area contributed by atoms with Crippen LogP contribution in [-0.4, -0.2) is 4.98 Å². The summed E-state index contributed by atoms with van der Waals surface area (Å²) in [6.45, 7) is 0. The molecular weight excluding hydrogens is 210 g/mol. The highest BCUT2D eigenvalue weighted by Gasteiger charge is 2.04.